The first-order valence-electron chi connectivity index (χ1n) is 6.94. The molecule has 1 aliphatic heterocycles. The van der Waals surface area contributed by atoms with Gasteiger partial charge in [-0.05, 0) is 43.5 Å². The van der Waals surface area contributed by atoms with Gasteiger partial charge in [-0.1, -0.05) is 0 Å². The summed E-state index contributed by atoms with van der Waals surface area (Å²) < 4.78 is 0. The maximum atomic E-state index is 11.8. The van der Waals surface area contributed by atoms with E-state index in [-0.39, 0.29) is 30.3 Å². The first kappa shape index (κ1) is 17.5. The predicted molar refractivity (Wildman–Crippen MR) is 86.9 cm³/mol. The molecule has 5 nitrogen and oxygen atoms in total. The van der Waals surface area contributed by atoms with Crippen molar-refractivity contribution in [3.63, 3.8) is 0 Å². The van der Waals surface area contributed by atoms with Gasteiger partial charge in [-0.25, -0.2) is 0 Å². The SMILES string of the molecule is CC(=O)N1CCc2cc(NC(=O)CCC(C)N)ccc21.Cl. The van der Waals surface area contributed by atoms with Crippen LogP contribution in [0.1, 0.15) is 32.3 Å². The Morgan fingerprint density at radius 1 is 1.43 bits per heavy atom. The number of nitrogens with zero attached hydrogens (tertiary/aromatic N) is 1. The summed E-state index contributed by atoms with van der Waals surface area (Å²) in [6.45, 7) is 4.17. The van der Waals surface area contributed by atoms with Crippen molar-refractivity contribution in [1.29, 1.82) is 0 Å². The minimum absolute atomic E-state index is 0. The van der Waals surface area contributed by atoms with Crippen LogP contribution < -0.4 is 16.0 Å². The van der Waals surface area contributed by atoms with Gasteiger partial charge in [0.2, 0.25) is 11.8 Å². The fourth-order valence-corrected chi connectivity index (χ4v) is 2.39. The predicted octanol–water partition coefficient (Wildman–Crippen LogP) is 2.08. The highest BCUT2D eigenvalue weighted by molar-refractivity contribution is 5.95. The van der Waals surface area contributed by atoms with Crippen molar-refractivity contribution in [2.45, 2.75) is 39.2 Å². The van der Waals surface area contributed by atoms with Gasteiger partial charge < -0.3 is 16.0 Å². The van der Waals surface area contributed by atoms with Crippen LogP contribution in [0.4, 0.5) is 11.4 Å². The number of amides is 2. The van der Waals surface area contributed by atoms with Gasteiger partial charge in [0, 0.05) is 37.3 Å². The van der Waals surface area contributed by atoms with Crippen LogP contribution in [-0.4, -0.2) is 24.4 Å². The second-order valence-corrected chi connectivity index (χ2v) is 5.33. The standard InChI is InChI=1S/C15H21N3O2.ClH/c1-10(16)3-6-15(20)17-13-4-5-14-12(9-13)7-8-18(14)11(2)19;/h4-5,9-10H,3,6-8,16H2,1-2H3,(H,17,20);1H. The summed E-state index contributed by atoms with van der Waals surface area (Å²) in [5.41, 5.74) is 8.47. The Morgan fingerprint density at radius 3 is 2.76 bits per heavy atom. The number of halogens is 1. The molecule has 3 N–H and O–H groups in total. The van der Waals surface area contributed by atoms with Crippen molar-refractivity contribution >= 4 is 35.6 Å². The van der Waals surface area contributed by atoms with E-state index in [4.69, 9.17) is 5.73 Å². The molecule has 6 heteroatoms. The highest BCUT2D eigenvalue weighted by Crippen LogP contribution is 2.30. The van der Waals surface area contributed by atoms with E-state index in [9.17, 15) is 9.59 Å². The fourth-order valence-electron chi connectivity index (χ4n) is 2.39. The molecule has 0 bridgehead atoms. The van der Waals surface area contributed by atoms with Crippen molar-refractivity contribution in [1.82, 2.24) is 0 Å². The zero-order chi connectivity index (χ0) is 14.7. The normalized spacial score (nSPS) is 14.1. The molecular formula is C15H22ClN3O2. The second-order valence-electron chi connectivity index (χ2n) is 5.33. The van der Waals surface area contributed by atoms with Crippen LogP contribution in [0.15, 0.2) is 18.2 Å². The summed E-state index contributed by atoms with van der Waals surface area (Å²) in [5.74, 6) is 0.0288. The maximum absolute atomic E-state index is 11.8. The first-order valence-corrected chi connectivity index (χ1v) is 6.94. The number of nitrogens with one attached hydrogen (secondary N) is 1. The fraction of sp³-hybridized carbons (Fsp3) is 0.467. The van der Waals surface area contributed by atoms with E-state index in [1.54, 1.807) is 11.8 Å². The van der Waals surface area contributed by atoms with Gasteiger partial charge >= 0.3 is 0 Å². The molecule has 1 unspecified atom stereocenters. The van der Waals surface area contributed by atoms with Crippen molar-refractivity contribution in [3.8, 4) is 0 Å². The molecule has 2 rings (SSSR count). The van der Waals surface area contributed by atoms with E-state index in [0.29, 0.717) is 19.4 Å². The topological polar surface area (TPSA) is 75.4 Å². The molecule has 2 amide bonds. The van der Waals surface area contributed by atoms with E-state index >= 15 is 0 Å². The number of nitrogens with two attached hydrogens (primary N) is 1. The highest BCUT2D eigenvalue weighted by atomic mass is 35.5. The largest absolute Gasteiger partial charge is 0.328 e. The number of rotatable bonds is 4. The average molecular weight is 312 g/mol. The maximum Gasteiger partial charge on any atom is 0.224 e. The summed E-state index contributed by atoms with van der Waals surface area (Å²) in [6.07, 6.45) is 1.93. The van der Waals surface area contributed by atoms with E-state index in [1.165, 1.54) is 0 Å². The van der Waals surface area contributed by atoms with Crippen molar-refractivity contribution in [2.75, 3.05) is 16.8 Å². The van der Waals surface area contributed by atoms with Gasteiger partial charge in [0.05, 0.1) is 0 Å². The van der Waals surface area contributed by atoms with E-state index < -0.39 is 0 Å². The minimum atomic E-state index is -0.0244. The monoisotopic (exact) mass is 311 g/mol. The first-order chi connectivity index (χ1) is 9.47. The van der Waals surface area contributed by atoms with Crippen molar-refractivity contribution < 1.29 is 9.59 Å². The molecule has 0 fully saturated rings. The minimum Gasteiger partial charge on any atom is -0.328 e. The van der Waals surface area contributed by atoms with Crippen LogP contribution in [0.2, 0.25) is 0 Å². The van der Waals surface area contributed by atoms with Crippen LogP contribution in [0.25, 0.3) is 0 Å². The van der Waals surface area contributed by atoms with E-state index in [2.05, 4.69) is 5.32 Å². The molecule has 0 radical (unpaired) electrons. The summed E-state index contributed by atoms with van der Waals surface area (Å²) in [5, 5.41) is 2.87. The van der Waals surface area contributed by atoms with Gasteiger partial charge in [0.1, 0.15) is 0 Å². The number of benzene rings is 1. The summed E-state index contributed by atoms with van der Waals surface area (Å²) in [7, 11) is 0. The molecule has 1 atom stereocenters. The zero-order valence-corrected chi connectivity index (χ0v) is 13.2. The van der Waals surface area contributed by atoms with Gasteiger partial charge in [-0.2, -0.15) is 0 Å². The summed E-state index contributed by atoms with van der Waals surface area (Å²) in [4.78, 5) is 25.0. The van der Waals surface area contributed by atoms with Crippen molar-refractivity contribution in [3.05, 3.63) is 23.8 Å². The second kappa shape index (κ2) is 7.43. The van der Waals surface area contributed by atoms with Crippen molar-refractivity contribution in [2.24, 2.45) is 5.73 Å². The lowest BCUT2D eigenvalue weighted by Crippen LogP contribution is -2.25. The smallest absolute Gasteiger partial charge is 0.224 e. The zero-order valence-electron chi connectivity index (χ0n) is 12.4. The Labute approximate surface area is 131 Å². The Kier molecular flexibility index (Phi) is 6.18. The molecule has 0 aliphatic carbocycles. The number of carbonyl (C=O) groups is 2. The number of hydrogen-bond donors (Lipinski definition) is 2. The van der Waals surface area contributed by atoms with Crippen LogP contribution in [0, 0.1) is 0 Å². The Balaban J connectivity index is 0.00000220. The van der Waals surface area contributed by atoms with Gasteiger partial charge in [-0.15, -0.1) is 12.4 Å². The molecule has 21 heavy (non-hydrogen) atoms. The molecule has 116 valence electrons. The Hall–Kier alpha value is -1.59. The summed E-state index contributed by atoms with van der Waals surface area (Å²) >= 11 is 0. The Morgan fingerprint density at radius 2 is 2.14 bits per heavy atom. The van der Waals surface area contributed by atoms with Gasteiger partial charge in [0.25, 0.3) is 0 Å². The average Bonchev–Trinajstić information content (AvgIpc) is 2.79. The van der Waals surface area contributed by atoms with E-state index in [1.807, 2.05) is 25.1 Å². The quantitative estimate of drug-likeness (QED) is 0.894. The lowest BCUT2D eigenvalue weighted by atomic mass is 10.1. The van der Waals surface area contributed by atoms with Gasteiger partial charge in [-0.3, -0.25) is 9.59 Å². The third-order valence-corrected chi connectivity index (χ3v) is 3.47. The highest BCUT2D eigenvalue weighted by Gasteiger charge is 2.22. The molecule has 1 aromatic rings. The van der Waals surface area contributed by atoms with Gasteiger partial charge in [0.15, 0.2) is 0 Å². The molecule has 0 spiro atoms. The number of anilines is 2. The third-order valence-electron chi connectivity index (χ3n) is 3.47. The molecule has 0 saturated carbocycles. The lowest BCUT2D eigenvalue weighted by molar-refractivity contribution is -0.117. The molecule has 1 aliphatic rings. The summed E-state index contributed by atoms with van der Waals surface area (Å²) in [6, 6.07) is 5.71. The molecule has 0 aromatic heterocycles. The number of hydrogen-bond acceptors (Lipinski definition) is 3. The van der Waals surface area contributed by atoms with Crippen LogP contribution in [0.5, 0.6) is 0 Å². The lowest BCUT2D eigenvalue weighted by Gasteiger charge is -2.15. The van der Waals surface area contributed by atoms with Crippen LogP contribution >= 0.6 is 12.4 Å². The molecular weight excluding hydrogens is 290 g/mol. The third kappa shape index (κ3) is 4.44. The number of fused-ring (bicyclic) bond motifs is 1. The molecule has 1 heterocycles. The van der Waals surface area contributed by atoms with E-state index in [0.717, 1.165) is 23.4 Å². The van der Waals surface area contributed by atoms with Crippen LogP contribution in [-0.2, 0) is 16.0 Å². The Bertz CT molecular complexity index is 532. The molecule has 1 aromatic carbocycles. The number of carbonyl (C=O) groups excluding carboxylic acids is 2. The molecule has 0 saturated heterocycles. The van der Waals surface area contributed by atoms with Crippen LogP contribution in [0.3, 0.4) is 0 Å².